The molecule has 10 heteroatoms. The first kappa shape index (κ1) is 18.6. The second-order valence-electron chi connectivity index (χ2n) is 7.11. The van der Waals surface area contributed by atoms with Gasteiger partial charge in [0, 0.05) is 18.0 Å². The van der Waals surface area contributed by atoms with Crippen molar-refractivity contribution in [2.24, 2.45) is 5.41 Å². The zero-order chi connectivity index (χ0) is 19.8. The van der Waals surface area contributed by atoms with Crippen LogP contribution < -0.4 is 14.8 Å². The molecule has 0 unspecified atom stereocenters. The molecular formula is C18H18F2N2O6. The largest absolute Gasteiger partial charge is 0.586 e. The number of hydrogen-bond acceptors (Lipinski definition) is 7. The van der Waals surface area contributed by atoms with E-state index >= 15 is 0 Å². The smallest absolute Gasteiger partial charge is 0.395 e. The molecular weight excluding hydrogens is 378 g/mol. The van der Waals surface area contributed by atoms with Gasteiger partial charge >= 0.3 is 6.29 Å². The summed E-state index contributed by atoms with van der Waals surface area (Å²) in [5, 5.41) is 6.53. The molecule has 1 saturated heterocycles. The van der Waals surface area contributed by atoms with Gasteiger partial charge in [0.1, 0.15) is 6.61 Å². The second kappa shape index (κ2) is 7.02. The van der Waals surface area contributed by atoms with Gasteiger partial charge < -0.3 is 28.8 Å². The summed E-state index contributed by atoms with van der Waals surface area (Å²) in [6, 6.07) is 5.89. The summed E-state index contributed by atoms with van der Waals surface area (Å²) in [5.74, 6) is -0.0346. The van der Waals surface area contributed by atoms with Crippen molar-refractivity contribution >= 4 is 5.91 Å². The third kappa shape index (κ3) is 4.07. The summed E-state index contributed by atoms with van der Waals surface area (Å²) >= 11 is 0. The summed E-state index contributed by atoms with van der Waals surface area (Å²) in [6.07, 6.45) is -3.65. The number of nitrogens with zero attached hydrogens (tertiary/aromatic N) is 1. The van der Waals surface area contributed by atoms with Crippen LogP contribution in [0.4, 0.5) is 8.78 Å². The Hall–Kier alpha value is -2.72. The molecule has 0 spiro atoms. The molecule has 1 amide bonds. The monoisotopic (exact) mass is 396 g/mol. The molecule has 0 atom stereocenters. The number of carbonyl (C=O) groups excluding carboxylic acids is 1. The standard InChI is InChI=1S/C18H18F2N2O6/c1-17(9-25-10-17)8-21-16(23)13-5-12(28-22-13)7-24-6-11-2-3-14-15(4-11)27-18(19,20)26-14/h2-5H,6-10H2,1H3,(H,21,23). The van der Waals surface area contributed by atoms with Gasteiger partial charge in [-0.25, -0.2) is 0 Å². The third-order valence-corrected chi connectivity index (χ3v) is 4.35. The van der Waals surface area contributed by atoms with E-state index in [1.807, 2.05) is 6.92 Å². The maximum Gasteiger partial charge on any atom is 0.586 e. The quantitative estimate of drug-likeness (QED) is 0.769. The summed E-state index contributed by atoms with van der Waals surface area (Å²) in [6.45, 7) is 3.94. The van der Waals surface area contributed by atoms with Gasteiger partial charge in [-0.1, -0.05) is 18.1 Å². The lowest BCUT2D eigenvalue weighted by Crippen LogP contribution is -2.48. The molecule has 150 valence electrons. The molecule has 4 rings (SSSR count). The minimum atomic E-state index is -3.65. The van der Waals surface area contributed by atoms with Crippen molar-refractivity contribution in [3.63, 3.8) is 0 Å². The maximum atomic E-state index is 13.0. The summed E-state index contributed by atoms with van der Waals surface area (Å²) in [5.41, 5.74) is 0.737. The summed E-state index contributed by atoms with van der Waals surface area (Å²) in [4.78, 5) is 12.1. The first-order chi connectivity index (χ1) is 13.3. The number of fused-ring (bicyclic) bond motifs is 1. The SMILES string of the molecule is CC1(CNC(=O)c2cc(COCc3ccc4c(c3)OC(F)(F)O4)on2)COC1. The fourth-order valence-electron chi connectivity index (χ4n) is 2.78. The predicted octanol–water partition coefficient (Wildman–Crippen LogP) is 2.48. The van der Waals surface area contributed by atoms with Crippen molar-refractivity contribution in [2.75, 3.05) is 19.8 Å². The van der Waals surface area contributed by atoms with E-state index in [9.17, 15) is 13.6 Å². The Bertz CT molecular complexity index is 881. The van der Waals surface area contributed by atoms with Crippen LogP contribution in [0.3, 0.4) is 0 Å². The van der Waals surface area contributed by atoms with Crippen LogP contribution in [-0.4, -0.2) is 37.1 Å². The highest BCUT2D eigenvalue weighted by Gasteiger charge is 2.43. The molecule has 0 radical (unpaired) electrons. The topological polar surface area (TPSA) is 92.1 Å². The van der Waals surface area contributed by atoms with E-state index in [-0.39, 0.29) is 41.7 Å². The van der Waals surface area contributed by atoms with Gasteiger partial charge in [-0.05, 0) is 17.7 Å². The molecule has 0 bridgehead atoms. The van der Waals surface area contributed by atoms with Gasteiger partial charge in [0.2, 0.25) is 0 Å². The van der Waals surface area contributed by atoms with E-state index in [2.05, 4.69) is 19.9 Å². The number of amides is 1. The van der Waals surface area contributed by atoms with Gasteiger partial charge in [0.05, 0.1) is 19.8 Å². The molecule has 28 heavy (non-hydrogen) atoms. The molecule has 2 aromatic rings. The average molecular weight is 396 g/mol. The Morgan fingerprint density at radius 1 is 1.21 bits per heavy atom. The zero-order valence-electron chi connectivity index (χ0n) is 15.0. The summed E-state index contributed by atoms with van der Waals surface area (Å²) < 4.78 is 50.5. The first-order valence-corrected chi connectivity index (χ1v) is 8.60. The summed E-state index contributed by atoms with van der Waals surface area (Å²) in [7, 11) is 0. The number of nitrogens with one attached hydrogen (secondary N) is 1. The van der Waals surface area contributed by atoms with Crippen molar-refractivity contribution in [1.29, 1.82) is 0 Å². The van der Waals surface area contributed by atoms with E-state index in [4.69, 9.17) is 14.0 Å². The van der Waals surface area contributed by atoms with Crippen LogP contribution >= 0.6 is 0 Å². The minimum absolute atomic E-state index is 0.0260. The molecule has 1 N–H and O–H groups in total. The van der Waals surface area contributed by atoms with E-state index < -0.39 is 6.29 Å². The van der Waals surface area contributed by atoms with E-state index in [1.54, 1.807) is 6.07 Å². The Morgan fingerprint density at radius 3 is 2.75 bits per heavy atom. The van der Waals surface area contributed by atoms with Crippen LogP contribution in [0.25, 0.3) is 0 Å². The predicted molar refractivity (Wildman–Crippen MR) is 88.9 cm³/mol. The van der Waals surface area contributed by atoms with Gasteiger partial charge in [-0.15, -0.1) is 8.78 Å². The molecule has 0 saturated carbocycles. The number of rotatable bonds is 7. The van der Waals surface area contributed by atoms with Crippen LogP contribution in [0.2, 0.25) is 0 Å². The number of ether oxygens (including phenoxy) is 4. The van der Waals surface area contributed by atoms with Crippen LogP contribution in [-0.2, 0) is 22.7 Å². The highest BCUT2D eigenvalue weighted by atomic mass is 19.3. The average Bonchev–Trinajstić information content (AvgIpc) is 3.20. The normalized spacial score (nSPS) is 18.5. The van der Waals surface area contributed by atoms with Gasteiger partial charge in [0.25, 0.3) is 5.91 Å². The van der Waals surface area contributed by atoms with Crippen LogP contribution in [0, 0.1) is 5.41 Å². The van der Waals surface area contributed by atoms with E-state index in [0.29, 0.717) is 31.1 Å². The zero-order valence-corrected chi connectivity index (χ0v) is 15.0. The molecule has 0 aliphatic carbocycles. The van der Waals surface area contributed by atoms with Crippen molar-refractivity contribution in [3.05, 3.63) is 41.3 Å². The number of hydrogen-bond donors (Lipinski definition) is 1. The van der Waals surface area contributed by atoms with E-state index in [0.717, 1.165) is 0 Å². The molecule has 1 aromatic carbocycles. The molecule has 2 aliphatic rings. The maximum absolute atomic E-state index is 13.0. The number of benzene rings is 1. The number of halogens is 2. The van der Waals surface area contributed by atoms with Gasteiger partial charge in [-0.2, -0.15) is 0 Å². The molecule has 3 heterocycles. The fourth-order valence-corrected chi connectivity index (χ4v) is 2.78. The highest BCUT2D eigenvalue weighted by molar-refractivity contribution is 5.92. The van der Waals surface area contributed by atoms with Crippen LogP contribution in [0.5, 0.6) is 11.5 Å². The Labute approximate surface area is 158 Å². The molecule has 8 nitrogen and oxygen atoms in total. The molecule has 1 fully saturated rings. The molecule has 1 aromatic heterocycles. The second-order valence-corrected chi connectivity index (χ2v) is 7.11. The number of carbonyl (C=O) groups is 1. The number of aromatic nitrogens is 1. The lowest BCUT2D eigenvalue weighted by atomic mass is 9.89. The van der Waals surface area contributed by atoms with Crippen LogP contribution in [0.15, 0.2) is 28.8 Å². The third-order valence-electron chi connectivity index (χ3n) is 4.35. The first-order valence-electron chi connectivity index (χ1n) is 8.60. The molecule has 2 aliphatic heterocycles. The van der Waals surface area contributed by atoms with E-state index in [1.165, 1.54) is 18.2 Å². The Kier molecular flexibility index (Phi) is 4.68. The van der Waals surface area contributed by atoms with Crippen molar-refractivity contribution < 1.29 is 37.0 Å². The minimum Gasteiger partial charge on any atom is -0.395 e. The highest BCUT2D eigenvalue weighted by Crippen LogP contribution is 2.41. The number of alkyl halides is 2. The van der Waals surface area contributed by atoms with Crippen LogP contribution in [0.1, 0.15) is 28.7 Å². The van der Waals surface area contributed by atoms with Gasteiger partial charge in [-0.3, -0.25) is 4.79 Å². The van der Waals surface area contributed by atoms with Crippen molar-refractivity contribution in [2.45, 2.75) is 26.4 Å². The van der Waals surface area contributed by atoms with Gasteiger partial charge in [0.15, 0.2) is 23.0 Å². The Morgan fingerprint density at radius 2 is 2.00 bits per heavy atom. The lowest BCUT2D eigenvalue weighted by Gasteiger charge is -2.37. The lowest BCUT2D eigenvalue weighted by molar-refractivity contribution is -0.286. The van der Waals surface area contributed by atoms with Crippen molar-refractivity contribution in [3.8, 4) is 11.5 Å². The fraction of sp³-hybridized carbons (Fsp3) is 0.444. The van der Waals surface area contributed by atoms with Crippen molar-refractivity contribution in [1.82, 2.24) is 10.5 Å². The Balaban J connectivity index is 1.25.